The van der Waals surface area contributed by atoms with E-state index in [1.54, 1.807) is 12.1 Å². The minimum atomic E-state index is -1.08. The lowest BCUT2D eigenvalue weighted by molar-refractivity contribution is -0.147. The van der Waals surface area contributed by atoms with Crippen molar-refractivity contribution < 1.29 is 28.9 Å². The lowest BCUT2D eigenvalue weighted by Gasteiger charge is -2.33. The molecule has 1 atom stereocenters. The normalized spacial score (nSPS) is 20.6. The molecule has 0 unspecified atom stereocenters. The van der Waals surface area contributed by atoms with Crippen molar-refractivity contribution in [3.8, 4) is 11.5 Å². The number of rotatable bonds is 2. The van der Waals surface area contributed by atoms with Crippen LogP contribution in [0.2, 0.25) is 0 Å². The van der Waals surface area contributed by atoms with Crippen LogP contribution < -0.4 is 9.47 Å². The van der Waals surface area contributed by atoms with Gasteiger partial charge in [-0.15, -0.1) is 0 Å². The van der Waals surface area contributed by atoms with Crippen LogP contribution in [0.25, 0.3) is 0 Å². The monoisotopic (exact) mass is 371 g/mol. The van der Waals surface area contributed by atoms with E-state index >= 15 is 0 Å². The number of carbonyl (C=O) groups is 2. The average Bonchev–Trinajstić information content (AvgIpc) is 2.54. The Kier molecular flexibility index (Phi) is 4.21. The number of morpholine rings is 1. The van der Waals surface area contributed by atoms with Crippen molar-refractivity contribution in [1.82, 2.24) is 4.90 Å². The lowest BCUT2D eigenvalue weighted by Crippen LogP contribution is -2.52. The minimum Gasteiger partial charge on any atom is -0.486 e. The fourth-order valence-electron chi connectivity index (χ4n) is 2.45. The third-order valence-electron chi connectivity index (χ3n) is 3.52. The summed E-state index contributed by atoms with van der Waals surface area (Å²) in [5.74, 6) is -0.415. The first kappa shape index (κ1) is 15.1. The molecule has 22 heavy (non-hydrogen) atoms. The molecule has 1 aromatic rings. The molecular formula is C14H14BrNO6. The van der Waals surface area contributed by atoms with E-state index in [9.17, 15) is 14.7 Å². The molecule has 1 fully saturated rings. The molecule has 1 amide bonds. The van der Waals surface area contributed by atoms with Gasteiger partial charge >= 0.3 is 5.97 Å². The summed E-state index contributed by atoms with van der Waals surface area (Å²) in [5.41, 5.74) is 0.351. The Bertz CT molecular complexity index is 620. The van der Waals surface area contributed by atoms with Crippen LogP contribution in [0, 0.1) is 0 Å². The Balaban J connectivity index is 1.91. The number of benzene rings is 1. The SMILES string of the molecule is O=C(O)[C@H]1COCCN1C(=O)c1cc(Br)c2c(c1)OCCO2. The van der Waals surface area contributed by atoms with Crippen LogP contribution in [-0.2, 0) is 9.53 Å². The number of fused-ring (bicyclic) bond motifs is 1. The zero-order chi connectivity index (χ0) is 15.7. The van der Waals surface area contributed by atoms with Crippen molar-refractivity contribution in [2.75, 3.05) is 33.0 Å². The first-order valence-electron chi connectivity index (χ1n) is 6.78. The molecular weight excluding hydrogens is 358 g/mol. The molecule has 0 bridgehead atoms. The highest BCUT2D eigenvalue weighted by atomic mass is 79.9. The molecule has 7 nitrogen and oxygen atoms in total. The van der Waals surface area contributed by atoms with Crippen LogP contribution in [0.15, 0.2) is 16.6 Å². The zero-order valence-corrected chi connectivity index (χ0v) is 13.2. The second-order valence-corrected chi connectivity index (χ2v) is 5.76. The van der Waals surface area contributed by atoms with Gasteiger partial charge in [0.05, 0.1) is 17.7 Å². The van der Waals surface area contributed by atoms with E-state index in [2.05, 4.69) is 15.9 Å². The molecule has 2 aliphatic heterocycles. The van der Waals surface area contributed by atoms with Crippen molar-refractivity contribution >= 4 is 27.8 Å². The number of carbonyl (C=O) groups excluding carboxylic acids is 1. The summed E-state index contributed by atoms with van der Waals surface area (Å²) in [7, 11) is 0. The summed E-state index contributed by atoms with van der Waals surface area (Å²) in [6.45, 7) is 1.41. The predicted molar refractivity (Wildman–Crippen MR) is 78.4 cm³/mol. The van der Waals surface area contributed by atoms with E-state index in [-0.39, 0.29) is 19.1 Å². The van der Waals surface area contributed by atoms with E-state index in [0.29, 0.717) is 41.4 Å². The van der Waals surface area contributed by atoms with Gasteiger partial charge in [0.2, 0.25) is 0 Å². The molecule has 118 valence electrons. The van der Waals surface area contributed by atoms with Crippen LogP contribution in [0.4, 0.5) is 0 Å². The number of hydrogen-bond acceptors (Lipinski definition) is 5. The summed E-state index contributed by atoms with van der Waals surface area (Å²) in [6.07, 6.45) is 0. The first-order valence-corrected chi connectivity index (χ1v) is 7.58. The van der Waals surface area contributed by atoms with Gasteiger partial charge in [0.25, 0.3) is 5.91 Å². The van der Waals surface area contributed by atoms with Gasteiger partial charge < -0.3 is 24.2 Å². The van der Waals surface area contributed by atoms with Crippen LogP contribution in [0.5, 0.6) is 11.5 Å². The summed E-state index contributed by atoms with van der Waals surface area (Å²) < 4.78 is 16.7. The Morgan fingerprint density at radius 1 is 1.23 bits per heavy atom. The maximum absolute atomic E-state index is 12.6. The van der Waals surface area contributed by atoms with E-state index in [1.165, 1.54) is 4.90 Å². The maximum Gasteiger partial charge on any atom is 0.328 e. The minimum absolute atomic E-state index is 0.00715. The molecule has 0 saturated carbocycles. The van der Waals surface area contributed by atoms with Gasteiger partial charge in [-0.1, -0.05) is 0 Å². The number of ether oxygens (including phenoxy) is 3. The van der Waals surface area contributed by atoms with Crippen molar-refractivity contribution in [1.29, 1.82) is 0 Å². The summed E-state index contributed by atoms with van der Waals surface area (Å²) in [6, 6.07) is 2.22. The summed E-state index contributed by atoms with van der Waals surface area (Å²) >= 11 is 3.35. The molecule has 0 aliphatic carbocycles. The zero-order valence-electron chi connectivity index (χ0n) is 11.6. The molecule has 2 heterocycles. The van der Waals surface area contributed by atoms with E-state index in [4.69, 9.17) is 14.2 Å². The number of hydrogen-bond donors (Lipinski definition) is 1. The summed E-state index contributed by atoms with van der Waals surface area (Å²) in [4.78, 5) is 25.2. The van der Waals surface area contributed by atoms with E-state index < -0.39 is 12.0 Å². The molecule has 1 N–H and O–H groups in total. The fourth-order valence-corrected chi connectivity index (χ4v) is 3.01. The van der Waals surface area contributed by atoms with Gasteiger partial charge in [0.1, 0.15) is 13.2 Å². The molecule has 3 rings (SSSR count). The number of carboxylic acid groups (broad SMARTS) is 1. The van der Waals surface area contributed by atoms with Crippen molar-refractivity contribution in [2.45, 2.75) is 6.04 Å². The van der Waals surface area contributed by atoms with Crippen LogP contribution in [-0.4, -0.2) is 60.9 Å². The van der Waals surface area contributed by atoms with Crippen molar-refractivity contribution in [3.05, 3.63) is 22.2 Å². The Morgan fingerprint density at radius 2 is 2.00 bits per heavy atom. The maximum atomic E-state index is 12.6. The molecule has 1 saturated heterocycles. The van der Waals surface area contributed by atoms with E-state index in [0.717, 1.165) is 0 Å². The number of aliphatic carboxylic acids is 1. The molecule has 2 aliphatic rings. The van der Waals surface area contributed by atoms with Gasteiger partial charge in [-0.2, -0.15) is 0 Å². The quantitative estimate of drug-likeness (QED) is 0.838. The van der Waals surface area contributed by atoms with Gasteiger partial charge in [-0.25, -0.2) is 4.79 Å². The number of carboxylic acids is 1. The Labute approximate surface area is 134 Å². The average molecular weight is 372 g/mol. The fraction of sp³-hybridized carbons (Fsp3) is 0.429. The van der Waals surface area contributed by atoms with Crippen LogP contribution in [0.3, 0.4) is 0 Å². The van der Waals surface area contributed by atoms with Crippen molar-refractivity contribution in [3.63, 3.8) is 0 Å². The van der Waals surface area contributed by atoms with Gasteiger partial charge in [-0.3, -0.25) is 4.79 Å². The highest BCUT2D eigenvalue weighted by Crippen LogP contribution is 2.38. The number of halogens is 1. The number of nitrogens with zero attached hydrogens (tertiary/aromatic N) is 1. The Hall–Kier alpha value is -1.80. The van der Waals surface area contributed by atoms with Crippen molar-refractivity contribution in [2.24, 2.45) is 0 Å². The van der Waals surface area contributed by atoms with E-state index in [1.807, 2.05) is 0 Å². The lowest BCUT2D eigenvalue weighted by atomic mass is 10.1. The standard InChI is InChI=1S/C14H14BrNO6/c15-9-5-8(6-11-12(9)22-4-3-21-11)13(17)16-1-2-20-7-10(16)14(18)19/h5-6,10H,1-4,7H2,(H,18,19)/t10-/m1/s1. The number of amides is 1. The van der Waals surface area contributed by atoms with Crippen LogP contribution in [0.1, 0.15) is 10.4 Å². The smallest absolute Gasteiger partial charge is 0.328 e. The molecule has 0 radical (unpaired) electrons. The summed E-state index contributed by atoms with van der Waals surface area (Å²) in [5, 5.41) is 9.22. The van der Waals surface area contributed by atoms with Crippen LogP contribution >= 0.6 is 15.9 Å². The Morgan fingerprint density at radius 3 is 2.77 bits per heavy atom. The molecule has 0 spiro atoms. The van der Waals surface area contributed by atoms with Gasteiger partial charge in [0.15, 0.2) is 17.5 Å². The second kappa shape index (κ2) is 6.13. The molecule has 1 aromatic carbocycles. The molecule has 0 aromatic heterocycles. The third kappa shape index (κ3) is 2.76. The highest BCUT2D eigenvalue weighted by Gasteiger charge is 2.34. The predicted octanol–water partition coefficient (Wildman–Crippen LogP) is 1.15. The topological polar surface area (TPSA) is 85.3 Å². The molecule has 8 heteroatoms. The highest BCUT2D eigenvalue weighted by molar-refractivity contribution is 9.10. The van der Waals surface area contributed by atoms with Gasteiger partial charge in [-0.05, 0) is 28.1 Å². The second-order valence-electron chi connectivity index (χ2n) is 4.91. The largest absolute Gasteiger partial charge is 0.486 e. The third-order valence-corrected chi connectivity index (χ3v) is 4.11. The first-order chi connectivity index (χ1) is 10.6. The van der Waals surface area contributed by atoms with Gasteiger partial charge in [0, 0.05) is 12.1 Å².